The van der Waals surface area contributed by atoms with Crippen molar-refractivity contribution in [3.05, 3.63) is 35.5 Å². The fraction of sp³-hybridized carbons (Fsp3) is 0.429. The average Bonchev–Trinajstić information content (AvgIpc) is 2.88. The van der Waals surface area contributed by atoms with E-state index in [4.69, 9.17) is 0 Å². The number of aliphatic hydroxyl groups is 1. The van der Waals surface area contributed by atoms with Crippen molar-refractivity contribution in [2.75, 3.05) is 6.61 Å². The van der Waals surface area contributed by atoms with E-state index in [1.807, 2.05) is 18.2 Å². The molecule has 0 bridgehead atoms. The van der Waals surface area contributed by atoms with Crippen molar-refractivity contribution in [3.8, 4) is 10.7 Å². The van der Waals surface area contributed by atoms with Gasteiger partial charge >= 0.3 is 0 Å². The lowest BCUT2D eigenvalue weighted by atomic mass is 9.77. The maximum Gasteiger partial charge on any atom is 0.142 e. The van der Waals surface area contributed by atoms with Gasteiger partial charge in [0.05, 0.1) is 18.0 Å². The third-order valence-corrected chi connectivity index (χ3v) is 4.61. The van der Waals surface area contributed by atoms with Crippen molar-refractivity contribution in [1.29, 1.82) is 0 Å². The summed E-state index contributed by atoms with van der Waals surface area (Å²) in [5.41, 5.74) is 1.87. The second-order valence-electron chi connectivity index (χ2n) is 5.00. The lowest BCUT2D eigenvalue weighted by Gasteiger charge is -2.41. The normalized spacial score (nSPS) is 17.1. The molecule has 2 aromatic heterocycles. The number of hydrogen-bond acceptors (Lipinski definition) is 5. The van der Waals surface area contributed by atoms with E-state index >= 15 is 0 Å². The van der Waals surface area contributed by atoms with Gasteiger partial charge in [-0.05, 0) is 31.4 Å². The van der Waals surface area contributed by atoms with Crippen LogP contribution in [0.3, 0.4) is 0 Å². The molecule has 5 heteroatoms. The molecule has 4 nitrogen and oxygen atoms in total. The molecule has 100 valence electrons. The van der Waals surface area contributed by atoms with Crippen molar-refractivity contribution in [3.63, 3.8) is 0 Å². The first-order valence-corrected chi connectivity index (χ1v) is 7.41. The van der Waals surface area contributed by atoms with Crippen LogP contribution in [0, 0.1) is 0 Å². The first-order valence-electron chi connectivity index (χ1n) is 6.53. The van der Waals surface area contributed by atoms with Gasteiger partial charge in [0.25, 0.3) is 0 Å². The summed E-state index contributed by atoms with van der Waals surface area (Å²) < 4.78 is 0. The smallest absolute Gasteiger partial charge is 0.142 e. The first-order chi connectivity index (χ1) is 9.31. The molecule has 2 aromatic rings. The van der Waals surface area contributed by atoms with E-state index < -0.39 is 0 Å². The Morgan fingerprint density at radius 3 is 2.89 bits per heavy atom. The van der Waals surface area contributed by atoms with Gasteiger partial charge in [0.2, 0.25) is 0 Å². The summed E-state index contributed by atoms with van der Waals surface area (Å²) in [4.78, 5) is 8.89. The van der Waals surface area contributed by atoms with Gasteiger partial charge in [-0.25, -0.2) is 4.98 Å². The molecule has 1 saturated carbocycles. The zero-order valence-corrected chi connectivity index (χ0v) is 11.5. The van der Waals surface area contributed by atoms with Gasteiger partial charge in [-0.2, -0.15) is 0 Å². The predicted octanol–water partition coefficient (Wildman–Crippen LogP) is 2.21. The minimum atomic E-state index is -0.0607. The van der Waals surface area contributed by atoms with Gasteiger partial charge in [-0.15, -0.1) is 11.3 Å². The Balaban J connectivity index is 1.65. The number of aromatic nitrogens is 2. The zero-order valence-electron chi connectivity index (χ0n) is 10.7. The van der Waals surface area contributed by atoms with Crippen molar-refractivity contribution >= 4 is 11.3 Å². The monoisotopic (exact) mass is 275 g/mol. The molecule has 0 radical (unpaired) electrons. The van der Waals surface area contributed by atoms with Crippen molar-refractivity contribution in [2.45, 2.75) is 31.3 Å². The van der Waals surface area contributed by atoms with Gasteiger partial charge in [-0.3, -0.25) is 4.98 Å². The van der Waals surface area contributed by atoms with E-state index in [2.05, 4.69) is 20.7 Å². The Morgan fingerprint density at radius 2 is 2.26 bits per heavy atom. The third-order valence-electron chi connectivity index (χ3n) is 3.69. The number of pyridine rings is 1. The molecule has 0 aromatic carbocycles. The summed E-state index contributed by atoms with van der Waals surface area (Å²) in [6.07, 6.45) is 5.09. The quantitative estimate of drug-likeness (QED) is 0.878. The molecule has 0 amide bonds. The molecule has 1 fully saturated rings. The third kappa shape index (κ3) is 2.68. The summed E-state index contributed by atoms with van der Waals surface area (Å²) in [5.74, 6) is 0. The minimum absolute atomic E-state index is 0.0607. The first kappa shape index (κ1) is 12.7. The number of hydrogen-bond donors (Lipinski definition) is 2. The molecule has 0 atom stereocenters. The lowest BCUT2D eigenvalue weighted by molar-refractivity contribution is 0.0869. The zero-order chi connectivity index (χ0) is 13.1. The number of nitrogens with zero attached hydrogens (tertiary/aromatic N) is 2. The highest BCUT2D eigenvalue weighted by molar-refractivity contribution is 7.13. The number of nitrogens with one attached hydrogen (secondary N) is 1. The Labute approximate surface area is 116 Å². The molecule has 19 heavy (non-hydrogen) atoms. The molecule has 2 heterocycles. The fourth-order valence-corrected chi connectivity index (χ4v) is 3.06. The standard InChI is InChI=1S/C14H17N3OS/c18-10-14(5-3-6-14)16-8-11-9-19-13(17-11)12-4-1-2-7-15-12/h1-2,4,7,9,16,18H,3,5-6,8,10H2. The van der Waals surface area contributed by atoms with Crippen molar-refractivity contribution < 1.29 is 5.11 Å². The van der Waals surface area contributed by atoms with Crippen LogP contribution in [0.15, 0.2) is 29.8 Å². The highest BCUT2D eigenvalue weighted by Crippen LogP contribution is 2.31. The lowest BCUT2D eigenvalue weighted by Crippen LogP contribution is -2.53. The van der Waals surface area contributed by atoms with Gasteiger partial charge in [-0.1, -0.05) is 6.07 Å². The second kappa shape index (κ2) is 5.36. The van der Waals surface area contributed by atoms with E-state index in [1.165, 1.54) is 6.42 Å². The van der Waals surface area contributed by atoms with Gasteiger partial charge in [0.1, 0.15) is 5.01 Å². The topological polar surface area (TPSA) is 58.0 Å². The van der Waals surface area contributed by atoms with Gasteiger partial charge < -0.3 is 10.4 Å². The largest absolute Gasteiger partial charge is 0.394 e. The van der Waals surface area contributed by atoms with Crippen LogP contribution in [0.4, 0.5) is 0 Å². The average molecular weight is 275 g/mol. The SMILES string of the molecule is OCC1(NCc2csc(-c3ccccn3)n2)CCC1. The highest BCUT2D eigenvalue weighted by Gasteiger charge is 2.35. The molecule has 0 saturated heterocycles. The summed E-state index contributed by atoms with van der Waals surface area (Å²) in [6.45, 7) is 0.925. The maximum atomic E-state index is 9.41. The summed E-state index contributed by atoms with van der Waals surface area (Å²) in [7, 11) is 0. The molecule has 0 unspecified atom stereocenters. The molecule has 1 aliphatic rings. The fourth-order valence-electron chi connectivity index (χ4n) is 2.27. The van der Waals surface area contributed by atoms with Crippen LogP contribution in [0.25, 0.3) is 10.7 Å². The number of aliphatic hydroxyl groups excluding tert-OH is 1. The van der Waals surface area contributed by atoms with Crippen molar-refractivity contribution in [2.24, 2.45) is 0 Å². The van der Waals surface area contributed by atoms with E-state index in [1.54, 1.807) is 17.5 Å². The number of thiazole rings is 1. The van der Waals surface area contributed by atoms with Gasteiger partial charge in [0.15, 0.2) is 0 Å². The van der Waals surface area contributed by atoms with Crippen LogP contribution in [0.5, 0.6) is 0 Å². The van der Waals surface area contributed by atoms with Crippen LogP contribution < -0.4 is 5.32 Å². The minimum Gasteiger partial charge on any atom is -0.394 e. The molecule has 0 aliphatic heterocycles. The van der Waals surface area contributed by atoms with Crippen LogP contribution in [0.2, 0.25) is 0 Å². The maximum absolute atomic E-state index is 9.41. The van der Waals surface area contributed by atoms with Crippen LogP contribution in [-0.4, -0.2) is 27.2 Å². The van der Waals surface area contributed by atoms with Crippen LogP contribution in [0.1, 0.15) is 25.0 Å². The summed E-state index contributed by atoms with van der Waals surface area (Å²) in [6, 6.07) is 5.84. The molecular weight excluding hydrogens is 258 g/mol. The van der Waals surface area contributed by atoms with E-state index in [0.29, 0.717) is 6.54 Å². The summed E-state index contributed by atoms with van der Waals surface area (Å²) >= 11 is 1.61. The molecule has 3 rings (SSSR count). The molecule has 1 aliphatic carbocycles. The highest BCUT2D eigenvalue weighted by atomic mass is 32.1. The second-order valence-corrected chi connectivity index (χ2v) is 5.86. The van der Waals surface area contributed by atoms with Gasteiger partial charge in [0, 0.05) is 23.7 Å². The number of rotatable bonds is 5. The Morgan fingerprint density at radius 1 is 1.37 bits per heavy atom. The molecule has 0 spiro atoms. The molecule has 2 N–H and O–H groups in total. The van der Waals surface area contributed by atoms with Crippen LogP contribution >= 0.6 is 11.3 Å². The Kier molecular flexibility index (Phi) is 3.59. The van der Waals surface area contributed by atoms with E-state index in [9.17, 15) is 5.11 Å². The van der Waals surface area contributed by atoms with Crippen molar-refractivity contribution in [1.82, 2.24) is 15.3 Å². The molecular formula is C14H17N3OS. The Hall–Kier alpha value is -1.30. The van der Waals surface area contributed by atoms with Crippen LogP contribution in [-0.2, 0) is 6.54 Å². The van der Waals surface area contributed by atoms with E-state index in [0.717, 1.165) is 29.2 Å². The summed E-state index contributed by atoms with van der Waals surface area (Å²) in [5, 5.41) is 15.8. The predicted molar refractivity (Wildman–Crippen MR) is 75.9 cm³/mol. The van der Waals surface area contributed by atoms with E-state index in [-0.39, 0.29) is 12.1 Å². The Bertz CT molecular complexity index is 531.